The minimum atomic E-state index is -1.06. The van der Waals surface area contributed by atoms with Crippen molar-refractivity contribution in [1.82, 2.24) is 9.55 Å². The molecule has 0 unspecified atom stereocenters. The molecule has 3 aromatic rings. The molecule has 0 aliphatic carbocycles. The van der Waals surface area contributed by atoms with Gasteiger partial charge in [0.1, 0.15) is 5.01 Å². The highest BCUT2D eigenvalue weighted by molar-refractivity contribution is 7.13. The fourth-order valence-corrected chi connectivity index (χ4v) is 2.56. The number of aromatic carboxylic acids is 1. The second-order valence-electron chi connectivity index (χ2n) is 3.95. The molecule has 0 amide bonds. The van der Waals surface area contributed by atoms with Crippen molar-refractivity contribution in [1.29, 1.82) is 0 Å². The summed E-state index contributed by atoms with van der Waals surface area (Å²) in [6, 6.07) is 5.21. The van der Waals surface area contributed by atoms with Crippen molar-refractivity contribution in [3.63, 3.8) is 0 Å². The predicted octanol–water partition coefficient (Wildman–Crippen LogP) is 1.95. The zero-order valence-electron chi connectivity index (χ0n) is 9.78. The van der Waals surface area contributed by atoms with Gasteiger partial charge in [0.05, 0.1) is 5.52 Å². The number of oxazole rings is 1. The summed E-state index contributed by atoms with van der Waals surface area (Å²) in [5.41, 5.74) is 1.87. The van der Waals surface area contributed by atoms with E-state index in [0.29, 0.717) is 16.1 Å². The number of aryl methyl sites for hydroxylation is 1. The first-order valence-electron chi connectivity index (χ1n) is 5.35. The number of aromatic nitrogens is 2. The first-order chi connectivity index (χ1) is 9.06. The molecule has 0 radical (unpaired) electrons. The van der Waals surface area contributed by atoms with Crippen LogP contribution in [0, 0.1) is 0 Å². The van der Waals surface area contributed by atoms with E-state index in [-0.39, 0.29) is 5.69 Å². The highest BCUT2D eigenvalue weighted by Crippen LogP contribution is 2.26. The Hall–Kier alpha value is -2.41. The molecule has 0 spiro atoms. The summed E-state index contributed by atoms with van der Waals surface area (Å²) in [6.45, 7) is 0. The SMILES string of the molecule is Cn1c(=O)oc2cc(-c3nc(C(=O)O)cs3)ccc21. The van der Waals surface area contributed by atoms with E-state index in [2.05, 4.69) is 4.98 Å². The topological polar surface area (TPSA) is 85.3 Å². The molecule has 0 bridgehead atoms. The summed E-state index contributed by atoms with van der Waals surface area (Å²) >= 11 is 1.23. The highest BCUT2D eigenvalue weighted by atomic mass is 32.1. The molecule has 1 N–H and O–H groups in total. The Bertz CT molecular complexity index is 843. The molecule has 3 rings (SSSR count). The Morgan fingerprint density at radius 1 is 1.47 bits per heavy atom. The molecule has 0 saturated heterocycles. The van der Waals surface area contributed by atoms with Crippen molar-refractivity contribution < 1.29 is 14.3 Å². The molecule has 0 aliphatic heterocycles. The van der Waals surface area contributed by atoms with Crippen molar-refractivity contribution >= 4 is 28.4 Å². The van der Waals surface area contributed by atoms with Crippen LogP contribution in [0.15, 0.2) is 32.8 Å². The molecule has 0 aliphatic rings. The van der Waals surface area contributed by atoms with Gasteiger partial charge in [-0.2, -0.15) is 0 Å². The molecule has 2 aromatic heterocycles. The zero-order valence-corrected chi connectivity index (χ0v) is 10.6. The maximum absolute atomic E-state index is 11.4. The van der Waals surface area contributed by atoms with Gasteiger partial charge in [0, 0.05) is 18.0 Å². The van der Waals surface area contributed by atoms with Crippen LogP contribution in [0.2, 0.25) is 0 Å². The molecule has 7 heteroatoms. The fraction of sp³-hybridized carbons (Fsp3) is 0.0833. The van der Waals surface area contributed by atoms with Gasteiger partial charge in [-0.15, -0.1) is 11.3 Å². The third-order valence-electron chi connectivity index (χ3n) is 2.76. The van der Waals surface area contributed by atoms with Crippen LogP contribution in [0.5, 0.6) is 0 Å². The van der Waals surface area contributed by atoms with Crippen molar-refractivity contribution in [2.24, 2.45) is 7.05 Å². The summed E-state index contributed by atoms with van der Waals surface area (Å²) in [7, 11) is 1.62. The Kier molecular flexibility index (Phi) is 2.49. The quantitative estimate of drug-likeness (QED) is 0.773. The van der Waals surface area contributed by atoms with Gasteiger partial charge in [0.15, 0.2) is 11.3 Å². The van der Waals surface area contributed by atoms with Crippen molar-refractivity contribution in [3.05, 3.63) is 39.8 Å². The summed E-state index contributed by atoms with van der Waals surface area (Å²) < 4.78 is 6.49. The Labute approximate surface area is 110 Å². The second-order valence-corrected chi connectivity index (χ2v) is 4.81. The molecule has 2 heterocycles. The molecule has 1 aromatic carbocycles. The second kappa shape index (κ2) is 4.06. The average molecular weight is 276 g/mol. The molecule has 0 saturated carbocycles. The summed E-state index contributed by atoms with van der Waals surface area (Å²) in [6.07, 6.45) is 0. The van der Waals surface area contributed by atoms with Crippen LogP contribution < -0.4 is 5.76 Å². The van der Waals surface area contributed by atoms with Gasteiger partial charge >= 0.3 is 11.7 Å². The number of hydrogen-bond acceptors (Lipinski definition) is 5. The van der Waals surface area contributed by atoms with Gasteiger partial charge in [-0.25, -0.2) is 14.6 Å². The van der Waals surface area contributed by atoms with Gasteiger partial charge in [-0.3, -0.25) is 4.57 Å². The first kappa shape index (κ1) is 11.7. The van der Waals surface area contributed by atoms with Crippen molar-refractivity contribution in [2.45, 2.75) is 0 Å². The average Bonchev–Trinajstić information content (AvgIpc) is 2.96. The van der Waals surface area contributed by atoms with Gasteiger partial charge in [-0.05, 0) is 18.2 Å². The lowest BCUT2D eigenvalue weighted by atomic mass is 10.2. The number of rotatable bonds is 2. The maximum atomic E-state index is 11.4. The summed E-state index contributed by atoms with van der Waals surface area (Å²) in [5, 5.41) is 10.9. The molecule has 0 atom stereocenters. The van der Waals surface area contributed by atoms with Gasteiger partial charge < -0.3 is 9.52 Å². The number of thiazole rings is 1. The Morgan fingerprint density at radius 3 is 2.95 bits per heavy atom. The van der Waals surface area contributed by atoms with Crippen LogP contribution in [0.25, 0.3) is 21.7 Å². The lowest BCUT2D eigenvalue weighted by Gasteiger charge is -1.96. The maximum Gasteiger partial charge on any atom is 0.419 e. The smallest absolute Gasteiger partial charge is 0.419 e. The van der Waals surface area contributed by atoms with Crippen LogP contribution >= 0.6 is 11.3 Å². The van der Waals surface area contributed by atoms with Crippen LogP contribution in [0.1, 0.15) is 10.5 Å². The van der Waals surface area contributed by atoms with E-state index in [9.17, 15) is 9.59 Å². The van der Waals surface area contributed by atoms with Crippen molar-refractivity contribution in [2.75, 3.05) is 0 Å². The van der Waals surface area contributed by atoms with E-state index < -0.39 is 11.7 Å². The fourth-order valence-electron chi connectivity index (χ4n) is 1.77. The number of benzene rings is 1. The number of carboxylic acid groups (broad SMARTS) is 1. The lowest BCUT2D eigenvalue weighted by molar-refractivity contribution is 0.0691. The third-order valence-corrected chi connectivity index (χ3v) is 3.65. The van der Waals surface area contributed by atoms with E-state index in [4.69, 9.17) is 9.52 Å². The van der Waals surface area contributed by atoms with Gasteiger partial charge in [-0.1, -0.05) is 0 Å². The van der Waals surface area contributed by atoms with Crippen LogP contribution in [0.3, 0.4) is 0 Å². The summed E-state index contributed by atoms with van der Waals surface area (Å²) in [5.74, 6) is -1.49. The minimum absolute atomic E-state index is 0.00890. The van der Waals surface area contributed by atoms with Crippen LogP contribution in [-0.2, 0) is 7.05 Å². The third kappa shape index (κ3) is 1.84. The van der Waals surface area contributed by atoms with Crippen LogP contribution in [0.4, 0.5) is 0 Å². The molecule has 6 nitrogen and oxygen atoms in total. The van der Waals surface area contributed by atoms with E-state index in [0.717, 1.165) is 5.56 Å². The highest BCUT2D eigenvalue weighted by Gasteiger charge is 2.12. The predicted molar refractivity (Wildman–Crippen MR) is 69.5 cm³/mol. The molecule has 19 heavy (non-hydrogen) atoms. The number of carboxylic acids is 1. The number of hydrogen-bond donors (Lipinski definition) is 1. The monoisotopic (exact) mass is 276 g/mol. The lowest BCUT2D eigenvalue weighted by Crippen LogP contribution is -2.08. The normalized spacial score (nSPS) is 11.0. The Balaban J connectivity index is 2.14. The van der Waals surface area contributed by atoms with Gasteiger partial charge in [0.2, 0.25) is 0 Å². The minimum Gasteiger partial charge on any atom is -0.476 e. The van der Waals surface area contributed by atoms with Crippen LogP contribution in [-0.4, -0.2) is 20.6 Å². The summed E-state index contributed by atoms with van der Waals surface area (Å²) in [4.78, 5) is 26.2. The van der Waals surface area contributed by atoms with Gasteiger partial charge in [0.25, 0.3) is 0 Å². The molecule has 0 fully saturated rings. The van der Waals surface area contributed by atoms with E-state index in [1.54, 1.807) is 25.2 Å². The van der Waals surface area contributed by atoms with E-state index in [1.165, 1.54) is 21.3 Å². The number of fused-ring (bicyclic) bond motifs is 1. The largest absolute Gasteiger partial charge is 0.476 e. The van der Waals surface area contributed by atoms with Crippen molar-refractivity contribution in [3.8, 4) is 10.6 Å². The van der Waals surface area contributed by atoms with E-state index in [1.807, 2.05) is 0 Å². The molecular formula is C12H8N2O4S. The Morgan fingerprint density at radius 2 is 2.26 bits per heavy atom. The standard InChI is InChI=1S/C12H8N2O4S/c1-14-8-3-2-6(4-9(8)18-12(14)17)10-13-7(5-19-10)11(15)16/h2-5H,1H3,(H,15,16). The molecule has 96 valence electrons. The number of nitrogens with zero attached hydrogens (tertiary/aromatic N) is 2. The van der Waals surface area contributed by atoms with E-state index >= 15 is 0 Å². The number of carbonyl (C=O) groups is 1. The molecular weight excluding hydrogens is 268 g/mol. The zero-order chi connectivity index (χ0) is 13.6. The first-order valence-corrected chi connectivity index (χ1v) is 6.23.